The predicted octanol–water partition coefficient (Wildman–Crippen LogP) is 3.74. The van der Waals surface area contributed by atoms with Crippen molar-refractivity contribution in [3.8, 4) is 10.4 Å². The van der Waals surface area contributed by atoms with Crippen LogP contribution in [0.4, 0.5) is 0 Å². The summed E-state index contributed by atoms with van der Waals surface area (Å²) in [6.07, 6.45) is 0. The average Bonchev–Trinajstić information content (AvgIpc) is 2.64. The van der Waals surface area contributed by atoms with Gasteiger partial charge >= 0.3 is 0 Å². The van der Waals surface area contributed by atoms with Gasteiger partial charge < -0.3 is 5.73 Å². The largest absolute Gasteiger partial charge is 0.324 e. The van der Waals surface area contributed by atoms with Crippen molar-refractivity contribution in [2.75, 3.05) is 0 Å². The molecular formula is C13H15NS. The molecule has 2 N–H and O–H groups in total. The highest BCUT2D eigenvalue weighted by molar-refractivity contribution is 7.13. The van der Waals surface area contributed by atoms with Gasteiger partial charge in [0.25, 0.3) is 0 Å². The van der Waals surface area contributed by atoms with E-state index in [-0.39, 0.29) is 6.04 Å². The van der Waals surface area contributed by atoms with Gasteiger partial charge in [0.2, 0.25) is 0 Å². The summed E-state index contributed by atoms with van der Waals surface area (Å²) in [4.78, 5) is 1.34. The Morgan fingerprint density at radius 1 is 1.27 bits per heavy atom. The van der Waals surface area contributed by atoms with Crippen LogP contribution in [-0.2, 0) is 0 Å². The maximum Gasteiger partial charge on any atom is 0.0371 e. The van der Waals surface area contributed by atoms with E-state index in [9.17, 15) is 0 Å². The minimum atomic E-state index is 0.102. The van der Waals surface area contributed by atoms with E-state index in [1.54, 1.807) is 11.3 Å². The monoisotopic (exact) mass is 217 g/mol. The molecule has 0 saturated heterocycles. The Morgan fingerprint density at radius 2 is 2.07 bits per heavy atom. The second-order valence-corrected chi connectivity index (χ2v) is 4.76. The van der Waals surface area contributed by atoms with Gasteiger partial charge in [-0.2, -0.15) is 0 Å². The lowest BCUT2D eigenvalue weighted by molar-refractivity contribution is 0.819. The fourth-order valence-corrected chi connectivity index (χ4v) is 2.56. The molecule has 0 aliphatic heterocycles. The van der Waals surface area contributed by atoms with Crippen molar-refractivity contribution >= 4 is 11.3 Å². The molecule has 2 rings (SSSR count). The van der Waals surface area contributed by atoms with Crippen molar-refractivity contribution in [3.05, 3.63) is 46.8 Å². The third-order valence-electron chi connectivity index (χ3n) is 2.54. The van der Waals surface area contributed by atoms with Crippen LogP contribution in [0.3, 0.4) is 0 Å². The highest BCUT2D eigenvalue weighted by Gasteiger charge is 2.05. The Morgan fingerprint density at radius 3 is 2.67 bits per heavy atom. The van der Waals surface area contributed by atoms with Crippen molar-refractivity contribution in [1.29, 1.82) is 0 Å². The molecule has 78 valence electrons. The molecule has 0 radical (unpaired) electrons. The summed E-state index contributed by atoms with van der Waals surface area (Å²) in [5.41, 5.74) is 9.68. The Balaban J connectivity index is 2.46. The summed E-state index contributed by atoms with van der Waals surface area (Å²) in [6.45, 7) is 4.16. The zero-order chi connectivity index (χ0) is 10.8. The summed E-state index contributed by atoms with van der Waals surface area (Å²) >= 11 is 1.78. The molecule has 0 bridgehead atoms. The normalized spacial score (nSPS) is 12.7. The molecule has 0 aliphatic carbocycles. The lowest BCUT2D eigenvalue weighted by Gasteiger charge is -2.07. The van der Waals surface area contributed by atoms with Gasteiger partial charge in [0.15, 0.2) is 0 Å². The zero-order valence-electron chi connectivity index (χ0n) is 9.03. The van der Waals surface area contributed by atoms with Crippen LogP contribution in [0, 0.1) is 6.92 Å². The van der Waals surface area contributed by atoms with Gasteiger partial charge in [-0.15, -0.1) is 11.3 Å². The number of hydrogen-bond acceptors (Lipinski definition) is 2. The first kappa shape index (κ1) is 10.4. The topological polar surface area (TPSA) is 26.0 Å². The quantitative estimate of drug-likeness (QED) is 0.814. The van der Waals surface area contributed by atoms with E-state index < -0.39 is 0 Å². The minimum absolute atomic E-state index is 0.102. The summed E-state index contributed by atoms with van der Waals surface area (Å²) < 4.78 is 0. The molecule has 1 aromatic carbocycles. The highest BCUT2D eigenvalue weighted by atomic mass is 32.1. The van der Waals surface area contributed by atoms with Gasteiger partial charge in [-0.3, -0.25) is 0 Å². The van der Waals surface area contributed by atoms with Gasteiger partial charge in [-0.25, -0.2) is 0 Å². The first-order valence-electron chi connectivity index (χ1n) is 5.08. The van der Waals surface area contributed by atoms with Crippen LogP contribution >= 0.6 is 11.3 Å². The molecule has 15 heavy (non-hydrogen) atoms. The molecule has 0 saturated carbocycles. The van der Waals surface area contributed by atoms with E-state index in [2.05, 4.69) is 42.6 Å². The molecule has 1 nitrogen and oxygen atoms in total. The Bertz CT molecular complexity index is 457. The van der Waals surface area contributed by atoms with Crippen LogP contribution in [0.15, 0.2) is 35.7 Å². The van der Waals surface area contributed by atoms with Crippen molar-refractivity contribution < 1.29 is 0 Å². The van der Waals surface area contributed by atoms with Gasteiger partial charge in [0.1, 0.15) is 0 Å². The van der Waals surface area contributed by atoms with Crippen LogP contribution in [0.5, 0.6) is 0 Å². The standard InChI is InChI=1S/C13H15NS/c1-9-6-7-15-13(9)12-5-3-4-11(8-12)10(2)14/h3-8,10H,14H2,1-2H3. The second kappa shape index (κ2) is 4.17. The van der Waals surface area contributed by atoms with Crippen LogP contribution in [0.1, 0.15) is 24.1 Å². The Hall–Kier alpha value is -1.12. The molecule has 0 amide bonds. The van der Waals surface area contributed by atoms with Crippen LogP contribution in [0.2, 0.25) is 0 Å². The van der Waals surface area contributed by atoms with E-state index in [4.69, 9.17) is 5.73 Å². The van der Waals surface area contributed by atoms with E-state index >= 15 is 0 Å². The van der Waals surface area contributed by atoms with Gasteiger partial charge in [0, 0.05) is 10.9 Å². The third-order valence-corrected chi connectivity index (χ3v) is 3.60. The van der Waals surface area contributed by atoms with Crippen LogP contribution in [0.25, 0.3) is 10.4 Å². The third kappa shape index (κ3) is 2.11. The first-order valence-corrected chi connectivity index (χ1v) is 5.96. The van der Waals surface area contributed by atoms with E-state index in [1.807, 2.05) is 6.92 Å². The smallest absolute Gasteiger partial charge is 0.0371 e. The predicted molar refractivity (Wildman–Crippen MR) is 67.1 cm³/mol. The summed E-state index contributed by atoms with van der Waals surface area (Å²) in [5.74, 6) is 0. The summed E-state index contributed by atoms with van der Waals surface area (Å²) in [6, 6.07) is 10.7. The maximum atomic E-state index is 5.88. The number of rotatable bonds is 2. The van der Waals surface area contributed by atoms with Gasteiger partial charge in [-0.05, 0) is 48.1 Å². The molecule has 0 spiro atoms. The van der Waals surface area contributed by atoms with E-state index in [1.165, 1.54) is 21.6 Å². The van der Waals surface area contributed by atoms with Gasteiger partial charge in [0.05, 0.1) is 0 Å². The molecule has 2 heteroatoms. The Labute approximate surface area is 94.6 Å². The number of aryl methyl sites for hydroxylation is 1. The molecule has 1 atom stereocenters. The molecule has 1 heterocycles. The number of hydrogen-bond donors (Lipinski definition) is 1. The summed E-state index contributed by atoms with van der Waals surface area (Å²) in [5, 5.41) is 2.13. The summed E-state index contributed by atoms with van der Waals surface area (Å²) in [7, 11) is 0. The van der Waals surface area contributed by atoms with Gasteiger partial charge in [-0.1, -0.05) is 18.2 Å². The molecule has 1 aromatic heterocycles. The lowest BCUT2D eigenvalue weighted by atomic mass is 10.0. The SMILES string of the molecule is Cc1ccsc1-c1cccc(C(C)N)c1. The minimum Gasteiger partial charge on any atom is -0.324 e. The fraction of sp³-hybridized carbons (Fsp3) is 0.231. The van der Waals surface area contributed by atoms with Crippen LogP contribution in [-0.4, -0.2) is 0 Å². The average molecular weight is 217 g/mol. The first-order chi connectivity index (χ1) is 7.18. The van der Waals surface area contributed by atoms with Crippen molar-refractivity contribution in [2.45, 2.75) is 19.9 Å². The van der Waals surface area contributed by atoms with Crippen molar-refractivity contribution in [3.63, 3.8) is 0 Å². The molecule has 2 aromatic rings. The lowest BCUT2D eigenvalue weighted by Crippen LogP contribution is -2.04. The zero-order valence-corrected chi connectivity index (χ0v) is 9.84. The van der Waals surface area contributed by atoms with Crippen molar-refractivity contribution in [2.24, 2.45) is 5.73 Å². The maximum absolute atomic E-state index is 5.88. The molecule has 0 aliphatic rings. The van der Waals surface area contributed by atoms with Crippen molar-refractivity contribution in [1.82, 2.24) is 0 Å². The fourth-order valence-electron chi connectivity index (χ4n) is 1.63. The highest BCUT2D eigenvalue weighted by Crippen LogP contribution is 2.30. The number of nitrogens with two attached hydrogens (primary N) is 1. The van der Waals surface area contributed by atoms with Crippen LogP contribution < -0.4 is 5.73 Å². The molecule has 0 fully saturated rings. The molecular weight excluding hydrogens is 202 g/mol. The van der Waals surface area contributed by atoms with E-state index in [0.29, 0.717) is 0 Å². The second-order valence-electron chi connectivity index (χ2n) is 3.85. The Kier molecular flexibility index (Phi) is 2.89. The van der Waals surface area contributed by atoms with E-state index in [0.717, 1.165) is 0 Å². The molecule has 1 unspecified atom stereocenters. The number of benzene rings is 1. The number of thiophene rings is 1.